The van der Waals surface area contributed by atoms with E-state index in [1.807, 2.05) is 18.2 Å². The fraction of sp³-hybridized carbons (Fsp3) is 0.217. The molecule has 4 rings (SSSR count). The van der Waals surface area contributed by atoms with Gasteiger partial charge in [0.1, 0.15) is 16.7 Å². The third kappa shape index (κ3) is 2.90. The summed E-state index contributed by atoms with van der Waals surface area (Å²) in [5.74, 6) is 0.960. The Hall–Kier alpha value is -3.74. The number of allylic oxidation sites excluding steroid dienone is 1. The van der Waals surface area contributed by atoms with Crippen LogP contribution in [0.15, 0.2) is 53.0 Å². The maximum Gasteiger partial charge on any atom is 0.233 e. The Bertz CT molecular complexity index is 1180. The van der Waals surface area contributed by atoms with E-state index in [1.165, 1.54) is 6.92 Å². The molecule has 0 radical (unpaired) electrons. The monoisotopic (exact) mass is 406 g/mol. The van der Waals surface area contributed by atoms with Crippen LogP contribution in [0.1, 0.15) is 30.2 Å². The van der Waals surface area contributed by atoms with E-state index in [4.69, 9.17) is 19.6 Å². The molecule has 1 heterocycles. The summed E-state index contributed by atoms with van der Waals surface area (Å²) in [5, 5.41) is 3.46. The number of nitrogens with two attached hydrogens (primary N) is 1. The number of primary amides is 1. The zero-order valence-electron chi connectivity index (χ0n) is 16.9. The smallest absolute Gasteiger partial charge is 0.233 e. The van der Waals surface area contributed by atoms with Gasteiger partial charge in [0.25, 0.3) is 0 Å². The summed E-state index contributed by atoms with van der Waals surface area (Å²) in [4.78, 5) is 24.5. The molecular formula is C23H22N2O5. The molecule has 1 aliphatic carbocycles. The van der Waals surface area contributed by atoms with Crippen molar-refractivity contribution < 1.29 is 23.5 Å². The van der Waals surface area contributed by atoms with Crippen LogP contribution in [0.5, 0.6) is 5.75 Å². The van der Waals surface area contributed by atoms with E-state index in [0.29, 0.717) is 45.9 Å². The maximum atomic E-state index is 13.0. The molecule has 0 spiro atoms. The number of benzene rings is 2. The van der Waals surface area contributed by atoms with Gasteiger partial charge in [0.15, 0.2) is 11.5 Å². The Kier molecular flexibility index (Phi) is 4.73. The number of nitrogens with one attached hydrogen (secondary N) is 1. The Morgan fingerprint density at radius 3 is 2.43 bits per heavy atom. The second-order valence-corrected chi connectivity index (χ2v) is 7.17. The molecule has 0 bridgehead atoms. The summed E-state index contributed by atoms with van der Waals surface area (Å²) in [7, 11) is 3.13. The number of fused-ring (bicyclic) bond motifs is 3. The van der Waals surface area contributed by atoms with Crippen LogP contribution in [0.4, 0.5) is 5.69 Å². The van der Waals surface area contributed by atoms with Gasteiger partial charge in [-0.2, -0.15) is 0 Å². The number of methoxy groups -OCH3 is 2. The van der Waals surface area contributed by atoms with Crippen molar-refractivity contribution in [3.63, 3.8) is 0 Å². The highest BCUT2D eigenvalue weighted by Crippen LogP contribution is 2.49. The van der Waals surface area contributed by atoms with Crippen LogP contribution in [0.25, 0.3) is 16.7 Å². The van der Waals surface area contributed by atoms with Crippen molar-refractivity contribution in [3.05, 3.63) is 65.4 Å². The maximum absolute atomic E-state index is 13.0. The minimum atomic E-state index is -1.16. The molecule has 7 heteroatoms. The molecule has 3 N–H and O–H groups in total. The van der Waals surface area contributed by atoms with Gasteiger partial charge in [0.05, 0.1) is 14.2 Å². The van der Waals surface area contributed by atoms with E-state index < -0.39 is 11.3 Å². The van der Waals surface area contributed by atoms with Crippen molar-refractivity contribution in [2.75, 3.05) is 19.5 Å². The first-order valence-electron chi connectivity index (χ1n) is 9.44. The summed E-state index contributed by atoms with van der Waals surface area (Å²) in [6, 6.07) is 12.5. The van der Waals surface area contributed by atoms with Crippen molar-refractivity contribution in [1.82, 2.24) is 0 Å². The zero-order valence-corrected chi connectivity index (χ0v) is 16.9. The van der Waals surface area contributed by atoms with Gasteiger partial charge in [-0.15, -0.1) is 0 Å². The van der Waals surface area contributed by atoms with Crippen molar-refractivity contribution in [2.45, 2.75) is 18.8 Å². The average Bonchev–Trinajstić information content (AvgIpc) is 3.12. The van der Waals surface area contributed by atoms with Gasteiger partial charge in [-0.25, -0.2) is 0 Å². The number of furan rings is 1. The SMILES string of the molecule is COC1=CCC(C(N)=O)(c2ccc(OC)cc2)c2c1oc1ccc(NC(C)=O)cc21. The minimum absolute atomic E-state index is 0.194. The molecule has 0 fully saturated rings. The standard InChI is InChI=1S/C23H22N2O5/c1-13(26)25-15-6-9-18-17(12-15)20-21(30-18)19(29-3)10-11-23(20,22(24)27)14-4-7-16(28-2)8-5-14/h4-10,12H,11H2,1-3H3,(H2,24,27)(H,25,26). The van der Waals surface area contributed by atoms with E-state index >= 15 is 0 Å². The lowest BCUT2D eigenvalue weighted by atomic mass is 9.68. The molecule has 30 heavy (non-hydrogen) atoms. The fourth-order valence-electron chi connectivity index (χ4n) is 4.10. The summed E-state index contributed by atoms with van der Waals surface area (Å²) < 4.78 is 16.9. The molecule has 1 atom stereocenters. The Balaban J connectivity index is 2.03. The van der Waals surface area contributed by atoms with Crippen LogP contribution in [-0.4, -0.2) is 26.0 Å². The fourth-order valence-corrected chi connectivity index (χ4v) is 4.10. The van der Waals surface area contributed by atoms with Gasteiger partial charge in [-0.1, -0.05) is 12.1 Å². The molecular weight excluding hydrogens is 384 g/mol. The van der Waals surface area contributed by atoms with Crippen molar-refractivity contribution in [1.29, 1.82) is 0 Å². The number of carbonyl (C=O) groups is 2. The van der Waals surface area contributed by atoms with Crippen LogP contribution < -0.4 is 15.8 Å². The van der Waals surface area contributed by atoms with Crippen LogP contribution in [0.2, 0.25) is 0 Å². The topological polar surface area (TPSA) is 104 Å². The van der Waals surface area contributed by atoms with Gasteiger partial charge in [0, 0.05) is 23.6 Å². The Morgan fingerprint density at radius 1 is 1.10 bits per heavy atom. The van der Waals surface area contributed by atoms with Gasteiger partial charge in [-0.3, -0.25) is 9.59 Å². The number of carbonyl (C=O) groups excluding carboxylic acids is 2. The number of ether oxygens (including phenoxy) is 2. The van der Waals surface area contributed by atoms with E-state index in [-0.39, 0.29) is 5.91 Å². The van der Waals surface area contributed by atoms with Gasteiger partial charge in [0.2, 0.25) is 11.8 Å². The van der Waals surface area contributed by atoms with Crippen LogP contribution in [-0.2, 0) is 19.7 Å². The predicted octanol–water partition coefficient (Wildman–Crippen LogP) is 3.56. The first kappa shape index (κ1) is 19.6. The Labute approximate surface area is 173 Å². The summed E-state index contributed by atoms with van der Waals surface area (Å²) in [5.41, 5.74) is 7.37. The summed E-state index contributed by atoms with van der Waals surface area (Å²) >= 11 is 0. The van der Waals surface area contributed by atoms with E-state index in [2.05, 4.69) is 5.32 Å². The zero-order chi connectivity index (χ0) is 21.5. The Morgan fingerprint density at radius 2 is 1.83 bits per heavy atom. The lowest BCUT2D eigenvalue weighted by Gasteiger charge is -2.33. The van der Waals surface area contributed by atoms with Gasteiger partial charge < -0.3 is 24.9 Å². The third-order valence-corrected chi connectivity index (χ3v) is 5.48. The largest absolute Gasteiger partial charge is 0.497 e. The number of rotatable bonds is 5. The minimum Gasteiger partial charge on any atom is -0.497 e. The molecule has 0 saturated carbocycles. The molecule has 0 aliphatic heterocycles. The van der Waals surface area contributed by atoms with Crippen LogP contribution >= 0.6 is 0 Å². The van der Waals surface area contributed by atoms with Gasteiger partial charge >= 0.3 is 0 Å². The first-order chi connectivity index (χ1) is 14.4. The van der Waals surface area contributed by atoms with Crippen molar-refractivity contribution in [3.8, 4) is 5.75 Å². The number of anilines is 1. The number of hydrogen-bond acceptors (Lipinski definition) is 5. The van der Waals surface area contributed by atoms with E-state index in [0.717, 1.165) is 5.56 Å². The lowest BCUT2D eigenvalue weighted by molar-refractivity contribution is -0.122. The van der Waals surface area contributed by atoms with E-state index in [1.54, 1.807) is 44.6 Å². The third-order valence-electron chi connectivity index (χ3n) is 5.48. The second-order valence-electron chi connectivity index (χ2n) is 7.17. The quantitative estimate of drug-likeness (QED) is 0.674. The second kappa shape index (κ2) is 7.26. The van der Waals surface area contributed by atoms with Crippen LogP contribution in [0.3, 0.4) is 0 Å². The normalized spacial score (nSPS) is 17.8. The highest BCUT2D eigenvalue weighted by Gasteiger charge is 2.47. The summed E-state index contributed by atoms with van der Waals surface area (Å²) in [6.07, 6.45) is 2.12. The van der Waals surface area contributed by atoms with Crippen LogP contribution in [0, 0.1) is 0 Å². The highest BCUT2D eigenvalue weighted by molar-refractivity contribution is 6.02. The molecule has 3 aromatic rings. The molecule has 1 unspecified atom stereocenters. The molecule has 2 amide bonds. The molecule has 1 aliphatic rings. The number of hydrogen-bond donors (Lipinski definition) is 2. The average molecular weight is 406 g/mol. The molecule has 154 valence electrons. The van der Waals surface area contributed by atoms with Crippen molar-refractivity contribution >= 4 is 34.2 Å². The summed E-state index contributed by atoms with van der Waals surface area (Å²) in [6.45, 7) is 1.44. The first-order valence-corrected chi connectivity index (χ1v) is 9.44. The predicted molar refractivity (Wildman–Crippen MR) is 113 cm³/mol. The van der Waals surface area contributed by atoms with Gasteiger partial charge in [-0.05, 0) is 48.4 Å². The molecule has 1 aromatic heterocycles. The van der Waals surface area contributed by atoms with E-state index in [9.17, 15) is 9.59 Å². The number of amides is 2. The lowest BCUT2D eigenvalue weighted by Crippen LogP contribution is -2.43. The molecule has 0 saturated heterocycles. The highest BCUT2D eigenvalue weighted by atomic mass is 16.5. The van der Waals surface area contributed by atoms with Crippen molar-refractivity contribution in [2.24, 2.45) is 5.73 Å². The molecule has 2 aromatic carbocycles. The molecule has 7 nitrogen and oxygen atoms in total.